The zero-order valence-electron chi connectivity index (χ0n) is 12.1. The average molecular weight is 291 g/mol. The molecule has 2 atom stereocenters. The van der Waals surface area contributed by atoms with E-state index < -0.39 is 0 Å². The van der Waals surface area contributed by atoms with E-state index in [1.807, 2.05) is 18.9 Å². The molecule has 2 rings (SSSR count). The molecule has 0 spiro atoms. The van der Waals surface area contributed by atoms with E-state index in [1.165, 1.54) is 12.1 Å². The number of benzene rings is 1. The van der Waals surface area contributed by atoms with Crippen LogP contribution in [-0.4, -0.2) is 18.6 Å². The van der Waals surface area contributed by atoms with Crippen molar-refractivity contribution in [3.8, 4) is 0 Å². The van der Waals surface area contributed by atoms with Crippen LogP contribution in [0.5, 0.6) is 0 Å². The predicted octanol–water partition coefficient (Wildman–Crippen LogP) is 3.13. The van der Waals surface area contributed by atoms with Crippen LogP contribution in [0.25, 0.3) is 0 Å². The lowest BCUT2D eigenvalue weighted by Gasteiger charge is -2.27. The Morgan fingerprint density at radius 3 is 2.52 bits per heavy atom. The van der Waals surface area contributed by atoms with Crippen molar-refractivity contribution in [2.75, 3.05) is 18.5 Å². The first kappa shape index (κ1) is 15.4. The molecule has 2 aromatic rings. The van der Waals surface area contributed by atoms with Gasteiger partial charge in [-0.1, -0.05) is 19.1 Å². The monoisotopic (exact) mass is 291 g/mol. The number of hydrogen-bond acceptors (Lipinski definition) is 3. The van der Waals surface area contributed by atoms with Crippen molar-refractivity contribution in [2.45, 2.75) is 13.0 Å². The molecule has 21 heavy (non-hydrogen) atoms. The fourth-order valence-corrected chi connectivity index (χ4v) is 2.28. The molecule has 5 heteroatoms. The van der Waals surface area contributed by atoms with Gasteiger partial charge in [-0.25, -0.2) is 8.78 Å². The van der Waals surface area contributed by atoms with Crippen LogP contribution in [0.3, 0.4) is 0 Å². The van der Waals surface area contributed by atoms with Crippen LogP contribution in [0.2, 0.25) is 0 Å². The zero-order chi connectivity index (χ0) is 15.4. The number of anilines is 1. The Bertz CT molecular complexity index is 586. The highest BCUT2D eigenvalue weighted by Crippen LogP contribution is 2.22. The van der Waals surface area contributed by atoms with Gasteiger partial charge in [0.2, 0.25) is 0 Å². The van der Waals surface area contributed by atoms with E-state index in [1.54, 1.807) is 24.3 Å². The second-order valence-electron chi connectivity index (χ2n) is 5.24. The highest BCUT2D eigenvalue weighted by molar-refractivity contribution is 5.46. The molecule has 0 radical (unpaired) electrons. The van der Waals surface area contributed by atoms with E-state index in [-0.39, 0.29) is 23.6 Å². The van der Waals surface area contributed by atoms with Gasteiger partial charge in [-0.2, -0.15) is 0 Å². The highest BCUT2D eigenvalue weighted by Gasteiger charge is 2.19. The quantitative estimate of drug-likeness (QED) is 0.920. The number of aromatic nitrogens is 1. The largest absolute Gasteiger partial charge is 0.372 e. The maximum atomic E-state index is 13.7. The molecule has 0 fully saturated rings. The first-order valence-corrected chi connectivity index (χ1v) is 6.81. The maximum absolute atomic E-state index is 13.7. The number of nitrogens with zero attached hydrogens (tertiary/aromatic N) is 2. The van der Waals surface area contributed by atoms with Gasteiger partial charge in [0.25, 0.3) is 0 Å². The summed E-state index contributed by atoms with van der Waals surface area (Å²) in [5.41, 5.74) is 7.31. The summed E-state index contributed by atoms with van der Waals surface area (Å²) in [7, 11) is 1.82. The van der Waals surface area contributed by atoms with E-state index >= 15 is 0 Å². The summed E-state index contributed by atoms with van der Waals surface area (Å²) in [5.74, 6) is -0.615. The molecule has 0 amide bonds. The number of para-hydroxylation sites is 1. The molecule has 2 N–H and O–H groups in total. The smallest absolute Gasteiger partial charge is 0.146 e. The normalized spacial score (nSPS) is 13.8. The molecule has 1 aromatic heterocycles. The van der Waals surface area contributed by atoms with Crippen molar-refractivity contribution in [3.05, 3.63) is 59.9 Å². The van der Waals surface area contributed by atoms with E-state index in [9.17, 15) is 8.78 Å². The molecule has 1 aromatic carbocycles. The number of rotatable bonds is 5. The lowest BCUT2D eigenvalue weighted by atomic mass is 9.98. The van der Waals surface area contributed by atoms with Gasteiger partial charge < -0.3 is 10.6 Å². The predicted molar refractivity (Wildman–Crippen MR) is 80.0 cm³/mol. The molecule has 3 nitrogen and oxygen atoms in total. The third-order valence-electron chi connectivity index (χ3n) is 3.53. The minimum absolute atomic E-state index is 0.0348. The Morgan fingerprint density at radius 1 is 1.19 bits per heavy atom. The van der Waals surface area contributed by atoms with Crippen molar-refractivity contribution < 1.29 is 8.78 Å². The second kappa shape index (κ2) is 6.63. The second-order valence-corrected chi connectivity index (χ2v) is 5.24. The van der Waals surface area contributed by atoms with Gasteiger partial charge in [-0.15, -0.1) is 0 Å². The Kier molecular flexibility index (Phi) is 4.85. The number of hydrogen-bond donors (Lipinski definition) is 1. The maximum Gasteiger partial charge on any atom is 0.146 e. The standard InChI is InChI=1S/C16H19F2N3/c1-11(16(19)14-8-7-12(17)9-20-14)10-21(2)15-6-4-3-5-13(15)18/h3-9,11,16H,10,19H2,1-2H3. The molecular formula is C16H19F2N3. The van der Waals surface area contributed by atoms with Gasteiger partial charge in [-0.3, -0.25) is 4.98 Å². The van der Waals surface area contributed by atoms with E-state index in [0.717, 1.165) is 6.20 Å². The van der Waals surface area contributed by atoms with Crippen LogP contribution in [0, 0.1) is 17.6 Å². The van der Waals surface area contributed by atoms with Crippen molar-refractivity contribution in [1.29, 1.82) is 0 Å². The van der Waals surface area contributed by atoms with Crippen molar-refractivity contribution in [1.82, 2.24) is 4.98 Å². The first-order chi connectivity index (χ1) is 9.99. The number of halogens is 2. The first-order valence-electron chi connectivity index (χ1n) is 6.81. The van der Waals surface area contributed by atoms with Gasteiger partial charge in [0.1, 0.15) is 11.6 Å². The molecule has 1 heterocycles. The van der Waals surface area contributed by atoms with Gasteiger partial charge in [-0.05, 0) is 30.2 Å². The minimum atomic E-state index is -0.387. The number of nitrogens with two attached hydrogens (primary N) is 1. The zero-order valence-corrected chi connectivity index (χ0v) is 12.1. The van der Waals surface area contributed by atoms with Crippen LogP contribution in [0.1, 0.15) is 18.7 Å². The van der Waals surface area contributed by atoms with Crippen LogP contribution in [0.4, 0.5) is 14.5 Å². The van der Waals surface area contributed by atoms with Crippen LogP contribution in [0.15, 0.2) is 42.6 Å². The number of pyridine rings is 1. The lowest BCUT2D eigenvalue weighted by molar-refractivity contribution is 0.459. The topological polar surface area (TPSA) is 42.1 Å². The van der Waals surface area contributed by atoms with Gasteiger partial charge in [0.05, 0.1) is 23.6 Å². The van der Waals surface area contributed by atoms with Crippen molar-refractivity contribution in [3.63, 3.8) is 0 Å². The van der Waals surface area contributed by atoms with Crippen molar-refractivity contribution in [2.24, 2.45) is 11.7 Å². The van der Waals surface area contributed by atoms with Crippen LogP contribution >= 0.6 is 0 Å². The minimum Gasteiger partial charge on any atom is -0.372 e. The molecule has 0 saturated carbocycles. The Labute approximate surface area is 123 Å². The van der Waals surface area contributed by atoms with Crippen LogP contribution in [-0.2, 0) is 0 Å². The average Bonchev–Trinajstić information content (AvgIpc) is 2.47. The third-order valence-corrected chi connectivity index (χ3v) is 3.53. The summed E-state index contributed by atoms with van der Waals surface area (Å²) in [4.78, 5) is 5.83. The van der Waals surface area contributed by atoms with Gasteiger partial charge >= 0.3 is 0 Å². The molecule has 0 saturated heterocycles. The SMILES string of the molecule is CC(CN(C)c1ccccc1F)C(N)c1ccc(F)cn1. The molecule has 2 unspecified atom stereocenters. The summed E-state index contributed by atoms with van der Waals surface area (Å²) >= 11 is 0. The molecule has 112 valence electrons. The summed E-state index contributed by atoms with van der Waals surface area (Å²) in [6.07, 6.45) is 1.16. The Hall–Kier alpha value is -2.01. The molecule has 0 bridgehead atoms. The third kappa shape index (κ3) is 3.76. The molecule has 0 aliphatic carbocycles. The highest BCUT2D eigenvalue weighted by atomic mass is 19.1. The van der Waals surface area contributed by atoms with E-state index in [0.29, 0.717) is 17.9 Å². The summed E-state index contributed by atoms with van der Waals surface area (Å²) in [6.45, 7) is 2.54. The van der Waals surface area contributed by atoms with E-state index in [2.05, 4.69) is 4.98 Å². The summed E-state index contributed by atoms with van der Waals surface area (Å²) in [5, 5.41) is 0. The molecule has 0 aliphatic rings. The van der Waals surface area contributed by atoms with Gasteiger partial charge in [0.15, 0.2) is 0 Å². The molecular weight excluding hydrogens is 272 g/mol. The Balaban J connectivity index is 2.05. The fourth-order valence-electron chi connectivity index (χ4n) is 2.28. The Morgan fingerprint density at radius 2 is 1.90 bits per heavy atom. The summed E-state index contributed by atoms with van der Waals surface area (Å²) < 4.78 is 26.6. The van der Waals surface area contributed by atoms with E-state index in [4.69, 9.17) is 5.73 Å². The lowest BCUT2D eigenvalue weighted by Crippen LogP contribution is -2.31. The summed E-state index contributed by atoms with van der Waals surface area (Å²) in [6, 6.07) is 9.20. The molecule has 0 aliphatic heterocycles. The van der Waals surface area contributed by atoms with Gasteiger partial charge in [0, 0.05) is 13.6 Å². The van der Waals surface area contributed by atoms with Crippen LogP contribution < -0.4 is 10.6 Å². The van der Waals surface area contributed by atoms with Crippen molar-refractivity contribution >= 4 is 5.69 Å². The fraction of sp³-hybridized carbons (Fsp3) is 0.312.